The molecule has 4 heteroatoms. The smallest absolute Gasteiger partial charge is 0.123 e. The molecule has 2 nitrogen and oxygen atoms in total. The van der Waals surface area contributed by atoms with Gasteiger partial charge in [-0.1, -0.05) is 31.7 Å². The Kier molecular flexibility index (Phi) is 5.56. The topological polar surface area (TPSA) is 24.9 Å². The maximum atomic E-state index is 12.9. The Morgan fingerprint density at radius 3 is 2.65 bits per heavy atom. The molecule has 0 fully saturated rings. The molecule has 0 amide bonds. The van der Waals surface area contributed by atoms with Gasteiger partial charge in [0.2, 0.25) is 0 Å². The van der Waals surface area contributed by atoms with Gasteiger partial charge >= 0.3 is 0 Å². The van der Waals surface area contributed by atoms with Crippen LogP contribution in [0.5, 0.6) is 0 Å². The summed E-state index contributed by atoms with van der Waals surface area (Å²) in [6.07, 6.45) is 1.79. The van der Waals surface area contributed by atoms with Gasteiger partial charge in [0, 0.05) is 17.6 Å². The van der Waals surface area contributed by atoms with Gasteiger partial charge in [0.1, 0.15) is 10.8 Å². The molecule has 1 heterocycles. The number of pyridine rings is 1. The summed E-state index contributed by atoms with van der Waals surface area (Å²) in [6, 6.07) is 10.5. The number of hydrogen-bond donors (Lipinski definition) is 1. The van der Waals surface area contributed by atoms with E-state index in [0.29, 0.717) is 5.92 Å². The van der Waals surface area contributed by atoms with Gasteiger partial charge in [0.05, 0.1) is 0 Å². The van der Waals surface area contributed by atoms with Crippen molar-refractivity contribution in [1.29, 1.82) is 0 Å². The van der Waals surface area contributed by atoms with E-state index >= 15 is 0 Å². The van der Waals surface area contributed by atoms with Crippen LogP contribution >= 0.6 is 11.8 Å². The Balaban J connectivity index is 2.05. The Hall–Kier alpha value is -1.39. The molecule has 1 N–H and O–H groups in total. The third-order valence-electron chi connectivity index (χ3n) is 2.75. The highest BCUT2D eigenvalue weighted by Gasteiger charge is 2.06. The number of nitrogens with zero attached hydrogens (tertiary/aromatic N) is 1. The first-order valence-electron chi connectivity index (χ1n) is 6.73. The van der Waals surface area contributed by atoms with Crippen LogP contribution in [0.1, 0.15) is 19.4 Å². The first-order chi connectivity index (χ1) is 9.65. The number of aromatic nitrogens is 1. The molecular weight excluding hydrogens is 271 g/mol. The van der Waals surface area contributed by atoms with Crippen LogP contribution in [0.15, 0.2) is 52.5 Å². The molecule has 0 aliphatic heterocycles. The molecule has 2 aromatic rings. The maximum absolute atomic E-state index is 12.9. The Bertz CT molecular complexity index is 540. The zero-order valence-electron chi connectivity index (χ0n) is 11.8. The standard InChI is InChI=1S/C16H19FN2S/c1-12(2)10-18-11-13-4-3-9-19-16(13)20-15-7-5-14(17)6-8-15/h3-9,12,18H,10-11H2,1-2H3. The minimum absolute atomic E-state index is 0.214. The van der Waals surface area contributed by atoms with Crippen molar-refractivity contribution in [3.05, 3.63) is 54.0 Å². The molecule has 0 radical (unpaired) electrons. The van der Waals surface area contributed by atoms with Crippen LogP contribution in [0.2, 0.25) is 0 Å². The molecule has 2 rings (SSSR count). The van der Waals surface area contributed by atoms with Gasteiger partial charge in [-0.15, -0.1) is 0 Å². The number of hydrogen-bond acceptors (Lipinski definition) is 3. The molecule has 0 spiro atoms. The molecular formula is C16H19FN2S. The van der Waals surface area contributed by atoms with Crippen molar-refractivity contribution in [2.24, 2.45) is 5.92 Å². The molecule has 0 saturated carbocycles. The molecule has 0 bridgehead atoms. The van der Waals surface area contributed by atoms with Crippen LogP contribution in [0, 0.1) is 11.7 Å². The van der Waals surface area contributed by atoms with E-state index in [4.69, 9.17) is 0 Å². The van der Waals surface area contributed by atoms with Crippen molar-refractivity contribution < 1.29 is 4.39 Å². The molecule has 106 valence electrons. The normalized spacial score (nSPS) is 11.0. The Morgan fingerprint density at radius 2 is 1.95 bits per heavy atom. The van der Waals surface area contributed by atoms with E-state index in [9.17, 15) is 4.39 Å². The van der Waals surface area contributed by atoms with Crippen LogP contribution in [0.4, 0.5) is 4.39 Å². The van der Waals surface area contributed by atoms with Crippen LogP contribution < -0.4 is 5.32 Å². The minimum Gasteiger partial charge on any atom is -0.312 e. The van der Waals surface area contributed by atoms with E-state index in [2.05, 4.69) is 30.2 Å². The SMILES string of the molecule is CC(C)CNCc1cccnc1Sc1ccc(F)cc1. The fourth-order valence-corrected chi connectivity index (χ4v) is 2.64. The zero-order chi connectivity index (χ0) is 14.4. The van der Waals surface area contributed by atoms with Gasteiger partial charge < -0.3 is 5.32 Å². The second kappa shape index (κ2) is 7.41. The summed E-state index contributed by atoms with van der Waals surface area (Å²) in [5.41, 5.74) is 1.17. The molecule has 0 aliphatic rings. The summed E-state index contributed by atoms with van der Waals surface area (Å²) in [7, 11) is 0. The largest absolute Gasteiger partial charge is 0.312 e. The van der Waals surface area contributed by atoms with Gasteiger partial charge in [-0.2, -0.15) is 0 Å². The van der Waals surface area contributed by atoms with Gasteiger partial charge in [0.15, 0.2) is 0 Å². The molecule has 0 saturated heterocycles. The van der Waals surface area contributed by atoms with E-state index in [-0.39, 0.29) is 5.82 Å². The van der Waals surface area contributed by atoms with Crippen molar-refractivity contribution >= 4 is 11.8 Å². The van der Waals surface area contributed by atoms with E-state index in [1.165, 1.54) is 17.7 Å². The van der Waals surface area contributed by atoms with E-state index in [1.54, 1.807) is 30.1 Å². The first-order valence-corrected chi connectivity index (χ1v) is 7.55. The minimum atomic E-state index is -0.214. The van der Waals surface area contributed by atoms with E-state index in [0.717, 1.165) is 23.0 Å². The van der Waals surface area contributed by atoms with Crippen molar-refractivity contribution in [1.82, 2.24) is 10.3 Å². The molecule has 20 heavy (non-hydrogen) atoms. The Labute approximate surface area is 123 Å². The first kappa shape index (κ1) is 15.0. The summed E-state index contributed by atoms with van der Waals surface area (Å²) in [6.45, 7) is 6.15. The molecule has 0 atom stereocenters. The summed E-state index contributed by atoms with van der Waals surface area (Å²) < 4.78 is 12.9. The monoisotopic (exact) mass is 290 g/mol. The highest BCUT2D eigenvalue weighted by molar-refractivity contribution is 7.99. The van der Waals surface area contributed by atoms with Gasteiger partial charge in [-0.25, -0.2) is 9.37 Å². The molecule has 1 aromatic heterocycles. The molecule has 0 aliphatic carbocycles. The van der Waals surface area contributed by atoms with Crippen molar-refractivity contribution in [3.63, 3.8) is 0 Å². The summed E-state index contributed by atoms with van der Waals surface area (Å²) >= 11 is 1.56. The maximum Gasteiger partial charge on any atom is 0.123 e. The lowest BCUT2D eigenvalue weighted by atomic mass is 10.2. The van der Waals surface area contributed by atoms with Crippen molar-refractivity contribution in [2.45, 2.75) is 30.3 Å². The molecule has 1 aromatic carbocycles. The third-order valence-corrected chi connectivity index (χ3v) is 3.81. The zero-order valence-corrected chi connectivity index (χ0v) is 12.6. The van der Waals surface area contributed by atoms with Crippen molar-refractivity contribution in [2.75, 3.05) is 6.54 Å². The lowest BCUT2D eigenvalue weighted by molar-refractivity contribution is 0.549. The van der Waals surface area contributed by atoms with Crippen LogP contribution in [-0.2, 0) is 6.54 Å². The highest BCUT2D eigenvalue weighted by Crippen LogP contribution is 2.28. The lowest BCUT2D eigenvalue weighted by Gasteiger charge is -2.10. The second-order valence-corrected chi connectivity index (χ2v) is 6.11. The second-order valence-electron chi connectivity index (χ2n) is 5.05. The van der Waals surface area contributed by atoms with Gasteiger partial charge in [-0.05, 0) is 48.4 Å². The van der Waals surface area contributed by atoms with Gasteiger partial charge in [-0.3, -0.25) is 0 Å². The van der Waals surface area contributed by atoms with Gasteiger partial charge in [0.25, 0.3) is 0 Å². The number of benzene rings is 1. The number of rotatable bonds is 6. The number of nitrogens with one attached hydrogen (secondary N) is 1. The van der Waals surface area contributed by atoms with Crippen LogP contribution in [-0.4, -0.2) is 11.5 Å². The fourth-order valence-electron chi connectivity index (χ4n) is 1.76. The number of halogens is 1. The average molecular weight is 290 g/mol. The third kappa shape index (κ3) is 4.62. The highest BCUT2D eigenvalue weighted by atomic mass is 32.2. The van der Waals surface area contributed by atoms with E-state index < -0.39 is 0 Å². The summed E-state index contributed by atoms with van der Waals surface area (Å²) in [4.78, 5) is 5.42. The van der Waals surface area contributed by atoms with Crippen LogP contribution in [0.25, 0.3) is 0 Å². The predicted octanol–water partition coefficient (Wildman–Crippen LogP) is 4.12. The summed E-state index contributed by atoms with van der Waals surface area (Å²) in [5, 5.41) is 4.39. The van der Waals surface area contributed by atoms with Crippen LogP contribution in [0.3, 0.4) is 0 Å². The van der Waals surface area contributed by atoms with Crippen molar-refractivity contribution in [3.8, 4) is 0 Å². The van der Waals surface area contributed by atoms with E-state index in [1.807, 2.05) is 6.07 Å². The summed E-state index contributed by atoms with van der Waals surface area (Å²) in [5.74, 6) is 0.411. The molecule has 0 unspecified atom stereocenters. The quantitative estimate of drug-likeness (QED) is 0.866. The lowest BCUT2D eigenvalue weighted by Crippen LogP contribution is -2.19. The average Bonchev–Trinajstić information content (AvgIpc) is 2.43. The fraction of sp³-hybridized carbons (Fsp3) is 0.312. The Morgan fingerprint density at radius 1 is 1.20 bits per heavy atom. The predicted molar refractivity (Wildman–Crippen MR) is 81.3 cm³/mol.